The van der Waals surface area contributed by atoms with Crippen LogP contribution in [-0.4, -0.2) is 70.0 Å². The van der Waals surface area contributed by atoms with Gasteiger partial charge in [0.15, 0.2) is 5.82 Å². The Morgan fingerprint density at radius 3 is 2.75 bits per heavy atom. The molecule has 3 aromatic rings. The molecule has 5 rings (SSSR count). The van der Waals surface area contributed by atoms with Crippen molar-refractivity contribution >= 4 is 52.3 Å². The van der Waals surface area contributed by atoms with Crippen LogP contribution in [0.3, 0.4) is 0 Å². The summed E-state index contributed by atoms with van der Waals surface area (Å²) in [5, 5.41) is 22.7. The van der Waals surface area contributed by atoms with E-state index in [1.165, 1.54) is 17.8 Å². The molecule has 184 valence electrons. The first kappa shape index (κ1) is 23.4. The van der Waals surface area contributed by atoms with Gasteiger partial charge in [-0.15, -0.1) is 4.52 Å². The van der Waals surface area contributed by atoms with Crippen LogP contribution in [0.4, 0.5) is 33.8 Å². The number of piperazine rings is 1. The van der Waals surface area contributed by atoms with Gasteiger partial charge in [0.05, 0.1) is 41.3 Å². The van der Waals surface area contributed by atoms with E-state index in [1.807, 2.05) is 4.90 Å². The van der Waals surface area contributed by atoms with Crippen molar-refractivity contribution in [1.29, 1.82) is 5.26 Å². The number of carbonyl (C=O) groups excluding carboxylic acids is 1. The molecule has 1 aliphatic carbocycles. The maximum absolute atomic E-state index is 11.5. The Labute approximate surface area is 211 Å². The van der Waals surface area contributed by atoms with Crippen molar-refractivity contribution < 1.29 is 9.53 Å². The molecule has 1 aromatic carbocycles. The fourth-order valence-corrected chi connectivity index (χ4v) is 4.14. The van der Waals surface area contributed by atoms with Gasteiger partial charge in [-0.25, -0.2) is 14.8 Å². The third-order valence-corrected chi connectivity index (χ3v) is 6.26. The smallest absolute Gasteiger partial charge is 0.421 e. The zero-order valence-electron chi connectivity index (χ0n) is 19.3. The number of hydrogen-bond donors (Lipinski definition) is 3. The fraction of sp³-hybridized carbons (Fsp3) is 0.364. The second-order valence-electron chi connectivity index (χ2n) is 8.34. The van der Waals surface area contributed by atoms with Gasteiger partial charge in [0.1, 0.15) is 0 Å². The number of carbonyl (C=O) groups is 1. The van der Waals surface area contributed by atoms with E-state index in [0.717, 1.165) is 12.8 Å². The van der Waals surface area contributed by atoms with Crippen LogP contribution in [0.5, 0.6) is 0 Å². The van der Waals surface area contributed by atoms with Crippen LogP contribution in [0.25, 0.3) is 10.5 Å². The molecular weight excluding hydrogens is 486 g/mol. The van der Waals surface area contributed by atoms with Gasteiger partial charge in [-0.1, -0.05) is 23.3 Å². The standard InChI is InChI=1S/C22H22ClN11O2/c1-25-17-12-26-20-19(27-14-3-4-14)29-21(30-34(17)20)28-15-9-13(11-24)10-16(18(15)23)32-5-7-33(8-6-32)31-22(35)36-2/h9-10,12,14H,3-8H2,2H3,(H,31,35)(H2,27,28,29,30). The number of hydrogen-bond acceptors (Lipinski definition) is 10. The monoisotopic (exact) mass is 507 g/mol. The van der Waals surface area contributed by atoms with Crippen LogP contribution in [0, 0.1) is 17.9 Å². The number of nitrogens with one attached hydrogen (secondary N) is 3. The fourth-order valence-electron chi connectivity index (χ4n) is 3.87. The van der Waals surface area contributed by atoms with E-state index < -0.39 is 6.09 Å². The number of ether oxygens (including phenoxy) is 1. The van der Waals surface area contributed by atoms with Crippen molar-refractivity contribution in [2.75, 3.05) is 48.8 Å². The van der Waals surface area contributed by atoms with Crippen LogP contribution in [0.1, 0.15) is 18.4 Å². The van der Waals surface area contributed by atoms with Gasteiger partial charge in [-0.05, 0) is 25.0 Å². The van der Waals surface area contributed by atoms with Gasteiger partial charge in [0, 0.05) is 32.2 Å². The number of fused-ring (bicyclic) bond motifs is 1. The number of anilines is 4. The molecule has 1 aliphatic heterocycles. The highest BCUT2D eigenvalue weighted by Crippen LogP contribution is 2.37. The highest BCUT2D eigenvalue weighted by atomic mass is 35.5. The minimum absolute atomic E-state index is 0.212. The van der Waals surface area contributed by atoms with Gasteiger partial charge in [-0.3, -0.25) is 5.43 Å². The van der Waals surface area contributed by atoms with E-state index in [0.29, 0.717) is 65.6 Å². The molecule has 2 aromatic heterocycles. The summed E-state index contributed by atoms with van der Waals surface area (Å²) in [4.78, 5) is 25.9. The first-order chi connectivity index (χ1) is 17.5. The average molecular weight is 508 g/mol. The van der Waals surface area contributed by atoms with Gasteiger partial charge >= 0.3 is 6.09 Å². The van der Waals surface area contributed by atoms with Crippen LogP contribution in [0.15, 0.2) is 18.3 Å². The topological polar surface area (TPSA) is 140 Å². The first-order valence-corrected chi connectivity index (χ1v) is 11.6. The second kappa shape index (κ2) is 9.73. The van der Waals surface area contributed by atoms with E-state index in [1.54, 1.807) is 17.1 Å². The van der Waals surface area contributed by atoms with Crippen molar-refractivity contribution in [3.63, 3.8) is 0 Å². The SMILES string of the molecule is [C-]#[N+]c1cnc2c(NC3CC3)nc(Nc3cc(C#N)cc(N4CCN(NC(=O)OC)CC4)c3Cl)nn12. The third-order valence-electron chi connectivity index (χ3n) is 5.86. The molecule has 1 saturated heterocycles. The molecule has 2 aliphatic rings. The summed E-state index contributed by atoms with van der Waals surface area (Å²) < 4.78 is 6.08. The maximum atomic E-state index is 11.5. The Kier molecular flexibility index (Phi) is 6.33. The number of imidazole rings is 1. The first-order valence-electron chi connectivity index (χ1n) is 11.2. The molecule has 3 heterocycles. The summed E-state index contributed by atoms with van der Waals surface area (Å²) in [6.07, 6.45) is 3.01. The number of rotatable bonds is 6. The number of hydrazine groups is 1. The summed E-state index contributed by atoms with van der Waals surface area (Å²) >= 11 is 6.80. The molecule has 0 radical (unpaired) electrons. The molecular formula is C22H22ClN11O2. The molecule has 0 bridgehead atoms. The molecule has 1 saturated carbocycles. The zero-order valence-corrected chi connectivity index (χ0v) is 20.1. The van der Waals surface area contributed by atoms with Crippen LogP contribution < -0.4 is 21.0 Å². The summed E-state index contributed by atoms with van der Waals surface area (Å²) in [6.45, 7) is 9.64. The van der Waals surface area contributed by atoms with Crippen molar-refractivity contribution in [3.8, 4) is 6.07 Å². The molecule has 13 nitrogen and oxygen atoms in total. The van der Waals surface area contributed by atoms with Gasteiger partial charge in [0.25, 0.3) is 17.4 Å². The Morgan fingerprint density at radius 2 is 2.08 bits per heavy atom. The van der Waals surface area contributed by atoms with Gasteiger partial charge < -0.3 is 25.1 Å². The van der Waals surface area contributed by atoms with Gasteiger partial charge in [0.2, 0.25) is 0 Å². The lowest BCUT2D eigenvalue weighted by atomic mass is 10.1. The lowest BCUT2D eigenvalue weighted by Gasteiger charge is -2.36. The number of nitriles is 1. The summed E-state index contributed by atoms with van der Waals surface area (Å²) in [7, 11) is 1.31. The molecule has 0 atom stereocenters. The molecule has 36 heavy (non-hydrogen) atoms. The van der Waals surface area contributed by atoms with E-state index in [2.05, 4.69) is 46.8 Å². The van der Waals surface area contributed by atoms with Crippen molar-refractivity contribution in [2.24, 2.45) is 0 Å². The Balaban J connectivity index is 1.43. The lowest BCUT2D eigenvalue weighted by molar-refractivity contribution is 0.119. The number of aromatic nitrogens is 4. The van der Waals surface area contributed by atoms with E-state index in [9.17, 15) is 10.1 Å². The van der Waals surface area contributed by atoms with Crippen LogP contribution >= 0.6 is 11.6 Å². The Hall–Kier alpha value is -4.33. The third kappa shape index (κ3) is 4.75. The highest BCUT2D eigenvalue weighted by molar-refractivity contribution is 6.36. The van der Waals surface area contributed by atoms with Crippen molar-refractivity contribution in [3.05, 3.63) is 40.3 Å². The quantitative estimate of drug-likeness (QED) is 0.426. The predicted molar refractivity (Wildman–Crippen MR) is 132 cm³/mol. The minimum Gasteiger partial charge on any atom is -0.452 e. The zero-order chi connectivity index (χ0) is 25.2. The van der Waals surface area contributed by atoms with Crippen LogP contribution in [-0.2, 0) is 4.74 Å². The maximum Gasteiger partial charge on any atom is 0.421 e. The molecule has 3 N–H and O–H groups in total. The van der Waals surface area contributed by atoms with E-state index >= 15 is 0 Å². The molecule has 0 spiro atoms. The summed E-state index contributed by atoms with van der Waals surface area (Å²) in [5.74, 6) is 0.987. The number of halogens is 1. The number of amides is 1. The second-order valence-corrected chi connectivity index (χ2v) is 8.72. The van der Waals surface area contributed by atoms with Crippen molar-refractivity contribution in [1.82, 2.24) is 30.0 Å². The molecule has 2 fully saturated rings. The number of nitrogens with zero attached hydrogens (tertiary/aromatic N) is 8. The minimum atomic E-state index is -0.522. The Morgan fingerprint density at radius 1 is 1.31 bits per heavy atom. The number of benzene rings is 1. The van der Waals surface area contributed by atoms with E-state index in [-0.39, 0.29) is 11.8 Å². The summed E-state index contributed by atoms with van der Waals surface area (Å²) in [5.41, 5.74) is 4.68. The molecule has 1 amide bonds. The van der Waals surface area contributed by atoms with Crippen molar-refractivity contribution in [2.45, 2.75) is 18.9 Å². The largest absolute Gasteiger partial charge is 0.452 e. The molecule has 0 unspecified atom stereocenters. The summed E-state index contributed by atoms with van der Waals surface area (Å²) in [6, 6.07) is 5.85. The van der Waals surface area contributed by atoms with E-state index in [4.69, 9.17) is 18.2 Å². The Bertz CT molecular complexity index is 1400. The lowest BCUT2D eigenvalue weighted by Crippen LogP contribution is -2.53. The average Bonchev–Trinajstić information content (AvgIpc) is 3.61. The normalized spacial score (nSPS) is 15.7. The molecule has 14 heteroatoms. The van der Waals surface area contributed by atoms with Gasteiger partial charge in [-0.2, -0.15) is 10.2 Å². The highest BCUT2D eigenvalue weighted by Gasteiger charge is 2.26. The number of methoxy groups -OCH3 is 1. The van der Waals surface area contributed by atoms with Crippen LogP contribution in [0.2, 0.25) is 5.02 Å². The predicted octanol–water partition coefficient (Wildman–Crippen LogP) is 2.91.